The zero-order chi connectivity index (χ0) is 32.5. The summed E-state index contributed by atoms with van der Waals surface area (Å²) in [6, 6.07) is 7.61. The number of hydrogen-bond acceptors (Lipinski definition) is 7. The Hall–Kier alpha value is -1.77. The fourth-order valence-electron chi connectivity index (χ4n) is 5.09. The molecule has 0 radical (unpaired) electrons. The average molecular weight is 668 g/mol. The van der Waals surface area contributed by atoms with Crippen molar-refractivity contribution in [2.75, 3.05) is 26.9 Å². The standard InChI is InChI=1S/C35H59N2O6PS/c1-5-6-7-8-9-10-11-12-13-14-15-16-17-18-19-20-24-36-35(38)41-27-34(40-4)28-42-44(39)43-33-23-21-22-32(25-33)26-37-29-45-31(3)30(37)2/h21-23,25,29,34,39H,5-20,24,26-28H2,1-4H3/p+1. The predicted molar refractivity (Wildman–Crippen MR) is 185 cm³/mol. The SMILES string of the molecule is CCCCCCCCCCCCCCCCCCNC(=O)OCC(COP(O)Oc1cccc(C[n+]2csc(C)c2C)c1)OC. The van der Waals surface area contributed by atoms with Crippen molar-refractivity contribution in [3.63, 3.8) is 0 Å². The molecule has 1 aromatic heterocycles. The van der Waals surface area contributed by atoms with Gasteiger partial charge in [0.05, 0.1) is 11.5 Å². The van der Waals surface area contributed by atoms with Crippen molar-refractivity contribution in [2.24, 2.45) is 0 Å². The van der Waals surface area contributed by atoms with Gasteiger partial charge in [-0.1, -0.05) is 127 Å². The van der Waals surface area contributed by atoms with Crippen molar-refractivity contribution in [3.05, 3.63) is 45.9 Å². The van der Waals surface area contributed by atoms with Crippen molar-refractivity contribution < 1.29 is 32.8 Å². The van der Waals surface area contributed by atoms with Gasteiger partial charge >= 0.3 is 14.7 Å². The van der Waals surface area contributed by atoms with Gasteiger partial charge in [-0.05, 0) is 25.5 Å². The highest BCUT2D eigenvalue weighted by atomic mass is 32.1. The predicted octanol–water partition coefficient (Wildman–Crippen LogP) is 9.32. The van der Waals surface area contributed by atoms with Gasteiger partial charge in [0.25, 0.3) is 0 Å². The van der Waals surface area contributed by atoms with E-state index < -0.39 is 20.8 Å². The quantitative estimate of drug-likeness (QED) is 0.0561. The molecule has 0 aliphatic heterocycles. The van der Waals surface area contributed by atoms with Crippen molar-refractivity contribution >= 4 is 26.0 Å². The highest BCUT2D eigenvalue weighted by Gasteiger charge is 2.18. The summed E-state index contributed by atoms with van der Waals surface area (Å²) < 4.78 is 23.9. The Balaban J connectivity index is 1.45. The van der Waals surface area contributed by atoms with Crippen LogP contribution >= 0.6 is 19.9 Å². The normalized spacial score (nSPS) is 12.6. The molecule has 0 aliphatic rings. The van der Waals surface area contributed by atoms with E-state index in [1.807, 2.05) is 18.2 Å². The molecule has 2 N–H and O–H groups in total. The van der Waals surface area contributed by atoms with E-state index in [1.165, 1.54) is 108 Å². The van der Waals surface area contributed by atoms with Crippen LogP contribution < -0.4 is 14.4 Å². The topological polar surface area (TPSA) is 90.1 Å². The summed E-state index contributed by atoms with van der Waals surface area (Å²) in [5, 5.41) is 2.81. The molecule has 45 heavy (non-hydrogen) atoms. The van der Waals surface area contributed by atoms with Crippen LogP contribution in [0.3, 0.4) is 0 Å². The number of carbonyl (C=O) groups excluding carboxylic acids is 1. The molecular formula is C35H60N2O6PS+. The summed E-state index contributed by atoms with van der Waals surface area (Å²) in [6.07, 6.45) is 20.2. The summed E-state index contributed by atoms with van der Waals surface area (Å²) in [7, 11) is -0.647. The van der Waals surface area contributed by atoms with Crippen LogP contribution in [0.5, 0.6) is 5.75 Å². The van der Waals surface area contributed by atoms with Gasteiger partial charge in [0.2, 0.25) is 5.51 Å². The maximum Gasteiger partial charge on any atom is 0.407 e. The maximum absolute atomic E-state index is 12.1. The van der Waals surface area contributed by atoms with Gasteiger partial charge in [0.1, 0.15) is 18.5 Å². The Morgan fingerprint density at radius 3 is 2.07 bits per heavy atom. The first-order chi connectivity index (χ1) is 21.9. The van der Waals surface area contributed by atoms with E-state index in [-0.39, 0.29) is 13.2 Å². The second-order valence-electron chi connectivity index (χ2n) is 12.0. The van der Waals surface area contributed by atoms with E-state index >= 15 is 0 Å². The number of methoxy groups -OCH3 is 1. The third-order valence-corrected chi connectivity index (χ3v) is 9.88. The Morgan fingerprint density at radius 2 is 1.51 bits per heavy atom. The summed E-state index contributed by atoms with van der Waals surface area (Å²) in [5.41, 5.74) is 4.41. The lowest BCUT2D eigenvalue weighted by molar-refractivity contribution is -0.689. The molecule has 0 spiro atoms. The molecule has 2 atom stereocenters. The third-order valence-electron chi connectivity index (χ3n) is 8.14. The van der Waals surface area contributed by atoms with Gasteiger partial charge in [-0.25, -0.2) is 4.79 Å². The Kier molecular flexibility index (Phi) is 22.2. The number of amides is 1. The third kappa shape index (κ3) is 18.8. The number of unbranched alkanes of at least 4 members (excludes halogenated alkanes) is 15. The number of benzene rings is 1. The Bertz CT molecular complexity index is 1040. The monoisotopic (exact) mass is 667 g/mol. The highest BCUT2D eigenvalue weighted by Crippen LogP contribution is 2.35. The lowest BCUT2D eigenvalue weighted by Gasteiger charge is -2.18. The summed E-state index contributed by atoms with van der Waals surface area (Å²) >= 11 is 1.72. The Labute approximate surface area is 278 Å². The van der Waals surface area contributed by atoms with Crippen LogP contribution in [-0.2, 0) is 20.5 Å². The number of aromatic nitrogens is 1. The Morgan fingerprint density at radius 1 is 0.911 bits per heavy atom. The first kappa shape index (κ1) is 39.4. The second-order valence-corrected chi connectivity index (χ2v) is 13.9. The number of nitrogens with zero attached hydrogens (tertiary/aromatic N) is 1. The first-order valence-corrected chi connectivity index (χ1v) is 19.2. The first-order valence-electron chi connectivity index (χ1n) is 17.2. The number of thiazole rings is 1. The van der Waals surface area contributed by atoms with Gasteiger partial charge in [-0.15, -0.1) is 0 Å². The summed E-state index contributed by atoms with van der Waals surface area (Å²) in [5.74, 6) is 0.532. The van der Waals surface area contributed by atoms with Gasteiger partial charge in [-0.3, -0.25) is 4.52 Å². The van der Waals surface area contributed by atoms with E-state index in [4.69, 9.17) is 18.5 Å². The van der Waals surface area contributed by atoms with Crippen LogP contribution in [-0.4, -0.2) is 44.0 Å². The molecule has 2 aromatic rings. The molecule has 1 amide bonds. The number of nitrogens with one attached hydrogen (secondary N) is 1. The molecule has 2 rings (SSSR count). The largest absolute Gasteiger partial charge is 0.447 e. The molecule has 0 fully saturated rings. The van der Waals surface area contributed by atoms with E-state index in [0.717, 1.165) is 24.9 Å². The minimum atomic E-state index is -2.16. The number of rotatable bonds is 27. The number of hydrogen-bond donors (Lipinski definition) is 2. The zero-order valence-corrected chi connectivity index (χ0v) is 30.1. The number of carbonyl (C=O) groups is 1. The number of ether oxygens (including phenoxy) is 2. The lowest BCUT2D eigenvalue weighted by atomic mass is 10.0. The fourth-order valence-corrected chi connectivity index (χ4v) is 6.54. The summed E-state index contributed by atoms with van der Waals surface area (Å²) in [4.78, 5) is 23.7. The molecule has 256 valence electrons. The van der Waals surface area contributed by atoms with Gasteiger partial charge < -0.3 is 24.2 Å². The van der Waals surface area contributed by atoms with E-state index in [2.05, 4.69) is 36.2 Å². The van der Waals surface area contributed by atoms with Crippen molar-refractivity contribution in [1.29, 1.82) is 0 Å². The van der Waals surface area contributed by atoms with Crippen molar-refractivity contribution in [1.82, 2.24) is 5.32 Å². The smallest absolute Gasteiger partial charge is 0.407 e. The van der Waals surface area contributed by atoms with E-state index in [0.29, 0.717) is 12.3 Å². The average Bonchev–Trinajstić information content (AvgIpc) is 3.34. The van der Waals surface area contributed by atoms with Crippen LogP contribution in [0.4, 0.5) is 4.79 Å². The van der Waals surface area contributed by atoms with Crippen LogP contribution in [0.2, 0.25) is 0 Å². The van der Waals surface area contributed by atoms with Crippen LogP contribution in [0, 0.1) is 13.8 Å². The van der Waals surface area contributed by atoms with E-state index in [1.54, 1.807) is 17.4 Å². The molecule has 1 heterocycles. The molecule has 0 saturated heterocycles. The minimum Gasteiger partial charge on any atom is -0.447 e. The lowest BCUT2D eigenvalue weighted by Crippen LogP contribution is -2.34. The molecule has 8 nitrogen and oxygen atoms in total. The fraction of sp³-hybridized carbons (Fsp3) is 0.714. The molecule has 10 heteroatoms. The zero-order valence-electron chi connectivity index (χ0n) is 28.4. The van der Waals surface area contributed by atoms with Crippen LogP contribution in [0.15, 0.2) is 29.8 Å². The number of aryl methyl sites for hydroxylation is 1. The minimum absolute atomic E-state index is 0.0244. The number of alkyl carbamates (subject to hydrolysis) is 1. The summed E-state index contributed by atoms with van der Waals surface area (Å²) in [6.45, 7) is 7.88. The van der Waals surface area contributed by atoms with Gasteiger partial charge in [0.15, 0.2) is 12.2 Å². The molecule has 0 saturated carbocycles. The molecular weight excluding hydrogens is 607 g/mol. The van der Waals surface area contributed by atoms with Gasteiger partial charge in [-0.2, -0.15) is 4.57 Å². The van der Waals surface area contributed by atoms with Crippen molar-refractivity contribution in [2.45, 2.75) is 136 Å². The molecule has 1 aromatic carbocycles. The highest BCUT2D eigenvalue weighted by molar-refractivity contribution is 7.41. The maximum atomic E-state index is 12.1. The van der Waals surface area contributed by atoms with Crippen LogP contribution in [0.1, 0.15) is 126 Å². The van der Waals surface area contributed by atoms with Crippen LogP contribution in [0.25, 0.3) is 0 Å². The van der Waals surface area contributed by atoms with Crippen molar-refractivity contribution in [3.8, 4) is 5.75 Å². The molecule has 0 bridgehead atoms. The van der Waals surface area contributed by atoms with Gasteiger partial charge in [0, 0.05) is 26.1 Å². The molecule has 2 unspecified atom stereocenters. The molecule has 0 aliphatic carbocycles. The van der Waals surface area contributed by atoms with E-state index in [9.17, 15) is 9.69 Å². The second kappa shape index (κ2) is 25.3.